The summed E-state index contributed by atoms with van der Waals surface area (Å²) in [5.74, 6) is -1.36. The molecule has 54 heavy (non-hydrogen) atoms. The van der Waals surface area contributed by atoms with Gasteiger partial charge >= 0.3 is 0 Å². The molecule has 8 nitrogen and oxygen atoms in total. The molecule has 0 bridgehead atoms. The van der Waals surface area contributed by atoms with Crippen LogP contribution in [-0.2, 0) is 44.9 Å². The lowest BCUT2D eigenvalue weighted by molar-refractivity contribution is -0.149. The van der Waals surface area contributed by atoms with Gasteiger partial charge < -0.3 is 21.3 Å². The second-order valence-corrected chi connectivity index (χ2v) is 15.7. The van der Waals surface area contributed by atoms with Crippen molar-refractivity contribution < 1.29 is 19.2 Å². The number of fused-ring (bicyclic) bond motifs is 2. The number of hydrogen-bond donors (Lipinski definition) is 4. The van der Waals surface area contributed by atoms with E-state index < -0.39 is 35.0 Å². The molecule has 1 heterocycles. The van der Waals surface area contributed by atoms with Crippen LogP contribution < -0.4 is 21.3 Å². The van der Waals surface area contributed by atoms with Crippen molar-refractivity contribution in [2.24, 2.45) is 10.8 Å². The van der Waals surface area contributed by atoms with E-state index in [-0.39, 0.29) is 49.3 Å². The van der Waals surface area contributed by atoms with Gasteiger partial charge in [-0.3, -0.25) is 19.2 Å². The van der Waals surface area contributed by atoms with Crippen molar-refractivity contribution in [3.63, 3.8) is 0 Å². The lowest BCUT2D eigenvalue weighted by Crippen LogP contribution is -2.66. The second kappa shape index (κ2) is 16.8. The van der Waals surface area contributed by atoms with Gasteiger partial charge in [0.1, 0.15) is 10.8 Å². The van der Waals surface area contributed by atoms with Crippen LogP contribution in [0.1, 0.15) is 73.6 Å². The number of rotatable bonds is 8. The summed E-state index contributed by atoms with van der Waals surface area (Å²) in [5.41, 5.74) is 0.550. The number of carbonyl (C=O) groups excluding carboxylic acids is 4. The first-order valence-electron chi connectivity index (χ1n) is 19.7. The average molecular weight is 725 g/mol. The fraction of sp³-hybridized carbons (Fsp3) is 0.391. The van der Waals surface area contributed by atoms with Crippen molar-refractivity contribution in [2.45, 2.75) is 101 Å². The molecule has 280 valence electrons. The van der Waals surface area contributed by atoms with Gasteiger partial charge in [-0.2, -0.15) is 0 Å². The van der Waals surface area contributed by atoms with E-state index in [1.165, 1.54) is 0 Å². The first-order valence-corrected chi connectivity index (χ1v) is 19.7. The zero-order chi connectivity index (χ0) is 37.4. The topological polar surface area (TPSA) is 116 Å². The Morgan fingerprint density at radius 2 is 0.556 bits per heavy atom. The number of carbonyl (C=O) groups is 4. The van der Waals surface area contributed by atoms with E-state index in [9.17, 15) is 0 Å². The molecule has 2 aliphatic carbocycles. The number of hydrogen-bond acceptors (Lipinski definition) is 4. The van der Waals surface area contributed by atoms with Crippen molar-refractivity contribution >= 4 is 23.6 Å². The normalized spacial score (nSPS) is 24.3. The fourth-order valence-corrected chi connectivity index (χ4v) is 8.93. The highest BCUT2D eigenvalue weighted by Gasteiger charge is 2.51. The minimum atomic E-state index is -1.49. The van der Waals surface area contributed by atoms with E-state index in [4.69, 9.17) is 0 Å². The van der Waals surface area contributed by atoms with Crippen molar-refractivity contribution in [1.82, 2.24) is 21.3 Å². The van der Waals surface area contributed by atoms with E-state index in [1.54, 1.807) is 0 Å². The lowest BCUT2D eigenvalue weighted by atomic mass is 9.72. The van der Waals surface area contributed by atoms with Crippen LogP contribution in [-0.4, -0.2) is 47.8 Å². The van der Waals surface area contributed by atoms with Gasteiger partial charge in [0.25, 0.3) is 0 Å². The van der Waals surface area contributed by atoms with Gasteiger partial charge in [0, 0.05) is 24.2 Å². The van der Waals surface area contributed by atoms with Crippen molar-refractivity contribution in [2.75, 3.05) is 0 Å². The summed E-state index contributed by atoms with van der Waals surface area (Å²) in [6, 6.07) is 37.2. The summed E-state index contributed by atoms with van der Waals surface area (Å²) in [5, 5.41) is 13.4. The Kier molecular flexibility index (Phi) is 11.6. The molecular formula is C46H52N4O4. The van der Waals surface area contributed by atoms with Crippen LogP contribution in [0.15, 0.2) is 121 Å². The zero-order valence-electron chi connectivity index (χ0n) is 31.0. The molecule has 0 unspecified atom stereocenters. The minimum Gasteiger partial charge on any atom is -0.350 e. The zero-order valence-corrected chi connectivity index (χ0v) is 31.0. The molecule has 0 aromatic heterocycles. The summed E-state index contributed by atoms with van der Waals surface area (Å²) < 4.78 is 0. The molecule has 4 N–H and O–H groups in total. The van der Waals surface area contributed by atoms with Crippen LogP contribution >= 0.6 is 0 Å². The lowest BCUT2D eigenvalue weighted by Gasteiger charge is -2.42. The van der Waals surface area contributed by atoms with Crippen LogP contribution in [0.25, 0.3) is 0 Å². The van der Waals surface area contributed by atoms with Gasteiger partial charge in [-0.1, -0.05) is 147 Å². The van der Waals surface area contributed by atoms with E-state index in [0.717, 1.165) is 47.9 Å². The van der Waals surface area contributed by atoms with E-state index in [0.29, 0.717) is 25.7 Å². The Hall–Kier alpha value is -5.24. The van der Waals surface area contributed by atoms with Gasteiger partial charge in [0.05, 0.1) is 0 Å². The Morgan fingerprint density at radius 1 is 0.352 bits per heavy atom. The van der Waals surface area contributed by atoms with Crippen LogP contribution in [0.2, 0.25) is 0 Å². The third-order valence-electron chi connectivity index (χ3n) is 11.9. The molecule has 8 heteroatoms. The molecule has 0 radical (unpaired) electrons. The van der Waals surface area contributed by atoms with Crippen LogP contribution in [0.3, 0.4) is 0 Å². The molecule has 1 saturated heterocycles. The Labute approximate surface area is 318 Å². The predicted octanol–water partition coefficient (Wildman–Crippen LogP) is 6.03. The maximum Gasteiger partial charge on any atom is 0.236 e. The maximum absolute atomic E-state index is 15.1. The first kappa shape index (κ1) is 37.1. The number of amides is 4. The molecule has 2 saturated carbocycles. The molecule has 3 aliphatic rings. The van der Waals surface area contributed by atoms with Gasteiger partial charge in [-0.05, 0) is 73.6 Å². The van der Waals surface area contributed by atoms with Gasteiger partial charge in [0.2, 0.25) is 23.6 Å². The molecule has 0 spiro atoms. The first-order chi connectivity index (χ1) is 26.3. The third kappa shape index (κ3) is 8.28. The summed E-state index contributed by atoms with van der Waals surface area (Å²) in [6.45, 7) is 0. The van der Waals surface area contributed by atoms with E-state index in [2.05, 4.69) is 21.3 Å². The summed E-state index contributed by atoms with van der Waals surface area (Å²) in [4.78, 5) is 60.5. The highest BCUT2D eigenvalue weighted by molar-refractivity contribution is 6.07. The highest BCUT2D eigenvalue weighted by Crippen LogP contribution is 2.35. The van der Waals surface area contributed by atoms with Gasteiger partial charge in [0.15, 0.2) is 0 Å². The van der Waals surface area contributed by atoms with Crippen LogP contribution in [0.5, 0.6) is 0 Å². The number of benzene rings is 4. The molecular weight excluding hydrogens is 673 g/mol. The molecule has 1 aliphatic heterocycles. The highest BCUT2D eigenvalue weighted by atomic mass is 16.2. The summed E-state index contributed by atoms with van der Waals surface area (Å²) >= 11 is 0. The predicted molar refractivity (Wildman–Crippen MR) is 210 cm³/mol. The molecule has 3 fully saturated rings. The Morgan fingerprint density at radius 3 is 0.759 bits per heavy atom. The summed E-state index contributed by atoms with van der Waals surface area (Å²) in [6.07, 6.45) is 6.87. The van der Waals surface area contributed by atoms with Crippen LogP contribution in [0, 0.1) is 10.8 Å². The van der Waals surface area contributed by atoms with Crippen molar-refractivity contribution in [1.29, 1.82) is 0 Å². The van der Waals surface area contributed by atoms with Crippen LogP contribution in [0.4, 0.5) is 0 Å². The SMILES string of the molecule is O=C1N[C@@H]2CCCC[C@H]2NC(=O)C(Cc2ccccc2)(Cc2ccccc2)C(=O)N[C@@H]2CCCC[C@H]2NC(=O)C1(Cc1ccccc1)Cc1ccccc1. The fourth-order valence-electron chi connectivity index (χ4n) is 8.93. The minimum absolute atomic E-state index is 0.200. The standard InChI is InChI=1S/C46H52N4O4/c51-41-45(29-33-17-5-1-6-18-33,30-34-19-7-2-8-20-34)42(52)48-38-26-14-16-28-40(38)50-44(54)46(31-35-21-9-3-10-22-35,32-36-23-11-4-12-24-36)43(53)49-39-27-15-13-25-37(39)47-41/h1-12,17-24,37-40H,13-16,25-32H2,(H,47,51)(H,48,52)(H,49,53)(H,50,54)/t37-,38-,39-,40-/m1/s1. The molecule has 4 aromatic carbocycles. The largest absolute Gasteiger partial charge is 0.350 e. The van der Waals surface area contributed by atoms with Gasteiger partial charge in [-0.15, -0.1) is 0 Å². The van der Waals surface area contributed by atoms with E-state index in [1.807, 2.05) is 121 Å². The molecule has 7 rings (SSSR count). The maximum atomic E-state index is 15.1. The second-order valence-electron chi connectivity index (χ2n) is 15.7. The van der Waals surface area contributed by atoms with Gasteiger partial charge in [-0.25, -0.2) is 0 Å². The smallest absolute Gasteiger partial charge is 0.236 e. The Balaban J connectivity index is 1.34. The monoisotopic (exact) mass is 724 g/mol. The molecule has 4 amide bonds. The van der Waals surface area contributed by atoms with Crippen molar-refractivity contribution in [3.8, 4) is 0 Å². The van der Waals surface area contributed by atoms with Crippen molar-refractivity contribution in [3.05, 3.63) is 144 Å². The quantitative estimate of drug-likeness (QED) is 0.166. The molecule has 4 atom stereocenters. The summed E-state index contributed by atoms with van der Waals surface area (Å²) in [7, 11) is 0. The average Bonchev–Trinajstić information content (AvgIpc) is 3.20. The number of nitrogens with one attached hydrogen (secondary N) is 4. The van der Waals surface area contributed by atoms with E-state index >= 15 is 19.2 Å². The third-order valence-corrected chi connectivity index (χ3v) is 11.9. The molecule has 4 aromatic rings. The Bertz CT molecular complexity index is 1610.